The molecule has 20 heavy (non-hydrogen) atoms. The number of benzene rings is 1. The summed E-state index contributed by atoms with van der Waals surface area (Å²) in [5.74, 6) is 0.213. The molecule has 0 radical (unpaired) electrons. The monoisotopic (exact) mass is 294 g/mol. The Labute approximate surface area is 130 Å². The standard InChI is InChI=1S/C15H20OS.C2H6.CH4/c1-15(2,3)11-14(17)10-13(16)9-12-7-5-4-6-8-12;1-2;/h4-8H,9-11H2,1-3H3;1-2H3;1H4. The zero-order chi connectivity index (χ0) is 14.9. The molecule has 1 nitrogen and oxygen atoms in total. The Morgan fingerprint density at radius 2 is 1.60 bits per heavy atom. The maximum Gasteiger partial charge on any atom is 0.142 e. The Balaban J connectivity index is 0. The van der Waals surface area contributed by atoms with Crippen LogP contribution >= 0.6 is 12.2 Å². The normalized spacial score (nSPS) is 9.85. The molecule has 0 unspecified atom stereocenters. The zero-order valence-electron chi connectivity index (χ0n) is 12.8. The van der Waals surface area contributed by atoms with Gasteiger partial charge >= 0.3 is 0 Å². The van der Waals surface area contributed by atoms with E-state index in [-0.39, 0.29) is 18.6 Å². The van der Waals surface area contributed by atoms with Crippen molar-refractivity contribution in [3.05, 3.63) is 35.9 Å². The van der Waals surface area contributed by atoms with Crippen LogP contribution in [-0.2, 0) is 11.2 Å². The molecule has 0 fully saturated rings. The molecule has 1 aromatic carbocycles. The van der Waals surface area contributed by atoms with E-state index in [4.69, 9.17) is 12.2 Å². The highest BCUT2D eigenvalue weighted by atomic mass is 32.1. The molecule has 0 saturated carbocycles. The number of hydrogen-bond donors (Lipinski definition) is 0. The lowest BCUT2D eigenvalue weighted by Crippen LogP contribution is -2.15. The van der Waals surface area contributed by atoms with Gasteiger partial charge in [-0.3, -0.25) is 4.79 Å². The molecule has 1 aromatic rings. The van der Waals surface area contributed by atoms with Crippen LogP contribution in [0.4, 0.5) is 0 Å². The first-order valence-electron chi connectivity index (χ1n) is 6.94. The summed E-state index contributed by atoms with van der Waals surface area (Å²) in [6, 6.07) is 9.82. The summed E-state index contributed by atoms with van der Waals surface area (Å²) in [4.78, 5) is 12.7. The molecule has 0 aliphatic heterocycles. The summed E-state index contributed by atoms with van der Waals surface area (Å²) >= 11 is 5.27. The van der Waals surface area contributed by atoms with Gasteiger partial charge in [0.1, 0.15) is 5.78 Å². The van der Waals surface area contributed by atoms with Crippen LogP contribution in [0.5, 0.6) is 0 Å². The van der Waals surface area contributed by atoms with Gasteiger partial charge in [0.15, 0.2) is 0 Å². The summed E-state index contributed by atoms with van der Waals surface area (Å²) in [5, 5.41) is 0. The van der Waals surface area contributed by atoms with Crippen molar-refractivity contribution in [2.75, 3.05) is 0 Å². The molecule has 0 aromatic heterocycles. The van der Waals surface area contributed by atoms with Crippen LogP contribution in [0.2, 0.25) is 0 Å². The van der Waals surface area contributed by atoms with Crippen LogP contribution in [0.15, 0.2) is 30.3 Å². The Morgan fingerprint density at radius 3 is 2.05 bits per heavy atom. The quantitative estimate of drug-likeness (QED) is 0.652. The number of carbonyl (C=O) groups excluding carboxylic acids is 1. The smallest absolute Gasteiger partial charge is 0.142 e. The molecule has 0 amide bonds. The van der Waals surface area contributed by atoms with E-state index < -0.39 is 0 Å². The van der Waals surface area contributed by atoms with Crippen LogP contribution in [-0.4, -0.2) is 10.6 Å². The van der Waals surface area contributed by atoms with Crippen molar-refractivity contribution in [2.24, 2.45) is 5.41 Å². The van der Waals surface area contributed by atoms with Gasteiger partial charge in [0.25, 0.3) is 0 Å². The van der Waals surface area contributed by atoms with Crippen molar-refractivity contribution in [1.29, 1.82) is 0 Å². The third-order valence-electron chi connectivity index (χ3n) is 2.37. The molecular formula is C18H30OS. The van der Waals surface area contributed by atoms with E-state index in [0.717, 1.165) is 16.8 Å². The summed E-state index contributed by atoms with van der Waals surface area (Å²) in [5.41, 5.74) is 1.24. The van der Waals surface area contributed by atoms with Gasteiger partial charge in [0, 0.05) is 17.7 Å². The topological polar surface area (TPSA) is 17.1 Å². The number of thiocarbonyl (C=S) groups is 1. The maximum atomic E-state index is 11.8. The van der Waals surface area contributed by atoms with Crippen molar-refractivity contribution < 1.29 is 4.79 Å². The van der Waals surface area contributed by atoms with Crippen molar-refractivity contribution >= 4 is 22.9 Å². The highest BCUT2D eigenvalue weighted by Gasteiger charge is 2.15. The lowest BCUT2D eigenvalue weighted by molar-refractivity contribution is -0.117. The number of ketones is 1. The van der Waals surface area contributed by atoms with Crippen molar-refractivity contribution in [3.63, 3.8) is 0 Å². The van der Waals surface area contributed by atoms with Crippen LogP contribution < -0.4 is 0 Å². The fourth-order valence-electron chi connectivity index (χ4n) is 1.76. The first-order chi connectivity index (χ1) is 8.87. The summed E-state index contributed by atoms with van der Waals surface area (Å²) < 4.78 is 0. The maximum absolute atomic E-state index is 11.8. The lowest BCUT2D eigenvalue weighted by Gasteiger charge is -2.18. The minimum Gasteiger partial charge on any atom is -0.299 e. The largest absolute Gasteiger partial charge is 0.299 e. The number of hydrogen-bond acceptors (Lipinski definition) is 2. The lowest BCUT2D eigenvalue weighted by atomic mass is 9.89. The molecule has 0 aliphatic rings. The van der Waals surface area contributed by atoms with Gasteiger partial charge in [-0.15, -0.1) is 0 Å². The Hall–Kier alpha value is -1.02. The van der Waals surface area contributed by atoms with Crippen LogP contribution in [0, 0.1) is 5.41 Å². The van der Waals surface area contributed by atoms with Gasteiger partial charge in [0.05, 0.1) is 0 Å². The molecule has 0 atom stereocenters. The minimum atomic E-state index is 0. The first kappa shape index (κ1) is 21.3. The first-order valence-corrected chi connectivity index (χ1v) is 7.35. The Morgan fingerprint density at radius 1 is 1.10 bits per heavy atom. The molecule has 0 saturated heterocycles. The molecule has 2 heteroatoms. The molecule has 0 heterocycles. The van der Waals surface area contributed by atoms with Gasteiger partial charge in [-0.05, 0) is 17.4 Å². The van der Waals surface area contributed by atoms with Gasteiger partial charge in [-0.25, -0.2) is 0 Å². The van der Waals surface area contributed by atoms with E-state index in [1.165, 1.54) is 0 Å². The van der Waals surface area contributed by atoms with Crippen molar-refractivity contribution in [1.82, 2.24) is 0 Å². The second kappa shape index (κ2) is 10.7. The van der Waals surface area contributed by atoms with Gasteiger partial charge < -0.3 is 0 Å². The average molecular weight is 295 g/mol. The summed E-state index contributed by atoms with van der Waals surface area (Å²) in [6.07, 6.45) is 1.76. The summed E-state index contributed by atoms with van der Waals surface area (Å²) in [6.45, 7) is 10.4. The van der Waals surface area contributed by atoms with Crippen molar-refractivity contribution in [3.8, 4) is 0 Å². The molecule has 0 aliphatic carbocycles. The zero-order valence-corrected chi connectivity index (χ0v) is 13.6. The second-order valence-electron chi connectivity index (χ2n) is 5.65. The molecular weight excluding hydrogens is 264 g/mol. The minimum absolute atomic E-state index is 0. The third-order valence-corrected chi connectivity index (χ3v) is 2.65. The second-order valence-corrected chi connectivity index (χ2v) is 6.23. The molecule has 0 N–H and O–H groups in total. The Kier molecular flexibility index (Phi) is 11.4. The van der Waals surface area contributed by atoms with E-state index >= 15 is 0 Å². The fourth-order valence-corrected chi connectivity index (χ4v) is 2.35. The van der Waals surface area contributed by atoms with E-state index in [1.54, 1.807) is 0 Å². The molecule has 114 valence electrons. The predicted molar refractivity (Wildman–Crippen MR) is 94.5 cm³/mol. The SMILES string of the molecule is C.CC.CC(C)(C)CC(=S)CC(=O)Cc1ccccc1. The Bertz CT molecular complexity index is 388. The fraction of sp³-hybridized carbons (Fsp3) is 0.556. The highest BCUT2D eigenvalue weighted by Crippen LogP contribution is 2.20. The van der Waals surface area contributed by atoms with Gasteiger partial charge in [-0.1, -0.05) is 84.6 Å². The van der Waals surface area contributed by atoms with E-state index in [2.05, 4.69) is 20.8 Å². The number of carbonyl (C=O) groups is 1. The third kappa shape index (κ3) is 10.9. The van der Waals surface area contributed by atoms with Gasteiger partial charge in [0.2, 0.25) is 0 Å². The predicted octanol–water partition coefficient (Wildman–Crippen LogP) is 5.66. The number of rotatable bonds is 5. The van der Waals surface area contributed by atoms with Crippen LogP contribution in [0.1, 0.15) is 60.5 Å². The van der Waals surface area contributed by atoms with Crippen LogP contribution in [0.25, 0.3) is 0 Å². The summed E-state index contributed by atoms with van der Waals surface area (Å²) in [7, 11) is 0. The number of Topliss-reactive ketones (excluding diaryl/α,β-unsaturated/α-hetero) is 1. The molecule has 0 bridgehead atoms. The average Bonchev–Trinajstić information content (AvgIpc) is 2.30. The van der Waals surface area contributed by atoms with E-state index in [1.807, 2.05) is 44.2 Å². The van der Waals surface area contributed by atoms with Crippen LogP contribution in [0.3, 0.4) is 0 Å². The van der Waals surface area contributed by atoms with E-state index in [9.17, 15) is 4.79 Å². The highest BCUT2D eigenvalue weighted by molar-refractivity contribution is 7.80. The van der Waals surface area contributed by atoms with Gasteiger partial charge in [-0.2, -0.15) is 0 Å². The van der Waals surface area contributed by atoms with E-state index in [0.29, 0.717) is 12.8 Å². The molecule has 0 spiro atoms. The van der Waals surface area contributed by atoms with Crippen molar-refractivity contribution in [2.45, 2.75) is 61.3 Å². The molecule has 1 rings (SSSR count).